The number of aliphatic hydroxyl groups is 1. The number of carbonyl (C=O) groups is 3. The number of benzene rings is 2. The zero-order chi connectivity index (χ0) is 23.0. The highest BCUT2D eigenvalue weighted by molar-refractivity contribution is 6.30. The number of likely N-dealkylation sites (tertiary alicyclic amines) is 1. The molecule has 166 valence electrons. The number of fused-ring (bicyclic) bond motifs is 1. The smallest absolute Gasteiger partial charge is 0.326 e. The highest BCUT2D eigenvalue weighted by Gasteiger charge is 2.34. The fourth-order valence-corrected chi connectivity index (χ4v) is 4.54. The van der Waals surface area contributed by atoms with Crippen molar-refractivity contribution < 1.29 is 24.6 Å². The largest absolute Gasteiger partial charge is 0.480 e. The number of aliphatic carboxylic acids is 1. The summed E-state index contributed by atoms with van der Waals surface area (Å²) in [4.78, 5) is 39.3. The molecular formula is C24H23ClN2O5. The van der Waals surface area contributed by atoms with Crippen molar-refractivity contribution in [2.24, 2.45) is 0 Å². The number of hydrogen-bond donors (Lipinski definition) is 2. The van der Waals surface area contributed by atoms with Crippen molar-refractivity contribution in [3.63, 3.8) is 0 Å². The number of carboxylic acids is 1. The van der Waals surface area contributed by atoms with E-state index in [9.17, 15) is 24.6 Å². The van der Waals surface area contributed by atoms with Crippen molar-refractivity contribution in [2.45, 2.75) is 38.8 Å². The number of aliphatic hydroxyl groups excluding tert-OH is 1. The van der Waals surface area contributed by atoms with Crippen LogP contribution in [-0.4, -0.2) is 50.1 Å². The molecule has 32 heavy (non-hydrogen) atoms. The Morgan fingerprint density at radius 1 is 1.12 bits per heavy atom. The molecule has 1 aliphatic heterocycles. The molecule has 0 aliphatic carbocycles. The molecule has 8 heteroatoms. The predicted molar refractivity (Wildman–Crippen MR) is 120 cm³/mol. The maximum Gasteiger partial charge on any atom is 0.326 e. The molecule has 2 heterocycles. The third-order valence-electron chi connectivity index (χ3n) is 6.06. The average molecular weight is 455 g/mol. The summed E-state index contributed by atoms with van der Waals surface area (Å²) in [6.07, 6.45) is 1.06. The maximum atomic E-state index is 13.3. The van der Waals surface area contributed by atoms with Gasteiger partial charge in [0.05, 0.1) is 18.5 Å². The monoisotopic (exact) mass is 454 g/mol. The summed E-state index contributed by atoms with van der Waals surface area (Å²) in [6.45, 7) is 2.00. The zero-order valence-electron chi connectivity index (χ0n) is 17.5. The quantitative estimate of drug-likeness (QED) is 0.615. The van der Waals surface area contributed by atoms with Crippen LogP contribution in [0.5, 0.6) is 0 Å². The summed E-state index contributed by atoms with van der Waals surface area (Å²) >= 11 is 5.95. The molecule has 2 aromatic carbocycles. The topological polar surface area (TPSA) is 99.8 Å². The molecule has 1 unspecified atom stereocenters. The Kier molecular flexibility index (Phi) is 6.04. The van der Waals surface area contributed by atoms with Crippen molar-refractivity contribution in [1.29, 1.82) is 0 Å². The minimum absolute atomic E-state index is 0.0259. The van der Waals surface area contributed by atoms with Crippen LogP contribution < -0.4 is 0 Å². The van der Waals surface area contributed by atoms with Crippen molar-refractivity contribution in [1.82, 2.24) is 9.47 Å². The van der Waals surface area contributed by atoms with E-state index in [4.69, 9.17) is 11.6 Å². The molecule has 1 fully saturated rings. The van der Waals surface area contributed by atoms with E-state index >= 15 is 0 Å². The normalized spacial score (nSPS) is 16.0. The Morgan fingerprint density at radius 3 is 2.50 bits per heavy atom. The van der Waals surface area contributed by atoms with Crippen LogP contribution in [0.2, 0.25) is 5.02 Å². The lowest BCUT2D eigenvalue weighted by Gasteiger charge is -2.21. The van der Waals surface area contributed by atoms with E-state index in [0.717, 1.165) is 0 Å². The fourth-order valence-electron chi connectivity index (χ4n) is 4.41. The predicted octanol–water partition coefficient (Wildman–Crippen LogP) is 3.40. The molecule has 7 nitrogen and oxygen atoms in total. The van der Waals surface area contributed by atoms with Gasteiger partial charge in [0.2, 0.25) is 5.91 Å². The third-order valence-corrected chi connectivity index (χ3v) is 6.31. The van der Waals surface area contributed by atoms with Gasteiger partial charge in [-0.15, -0.1) is 0 Å². The number of rotatable bonds is 5. The second-order valence-electron chi connectivity index (χ2n) is 7.98. The molecular weight excluding hydrogens is 432 g/mol. The number of carboxylic acid groups (broad SMARTS) is 1. The summed E-state index contributed by atoms with van der Waals surface area (Å²) in [5.41, 5.74) is 2.99. The number of carbonyl (C=O) groups excluding carboxylic acids is 2. The molecule has 1 amide bonds. The van der Waals surface area contributed by atoms with Crippen LogP contribution in [0, 0.1) is 6.92 Å². The average Bonchev–Trinajstić information content (AvgIpc) is 3.37. The van der Waals surface area contributed by atoms with Gasteiger partial charge in [-0.1, -0.05) is 17.7 Å². The third kappa shape index (κ3) is 3.89. The number of nitrogens with zero attached hydrogens (tertiary/aromatic N) is 2. The summed E-state index contributed by atoms with van der Waals surface area (Å²) in [6, 6.07) is 11.0. The molecule has 1 saturated heterocycles. The van der Waals surface area contributed by atoms with Gasteiger partial charge in [0.25, 0.3) is 5.91 Å². The second-order valence-corrected chi connectivity index (χ2v) is 8.42. The minimum Gasteiger partial charge on any atom is -0.480 e. The van der Waals surface area contributed by atoms with Crippen molar-refractivity contribution in [2.75, 3.05) is 6.54 Å². The van der Waals surface area contributed by atoms with Crippen LogP contribution in [-0.2, 0) is 22.6 Å². The zero-order valence-corrected chi connectivity index (χ0v) is 18.3. The van der Waals surface area contributed by atoms with Gasteiger partial charge in [-0.2, -0.15) is 0 Å². The van der Waals surface area contributed by atoms with Crippen LogP contribution in [0.15, 0.2) is 42.5 Å². The number of amides is 1. The lowest BCUT2D eigenvalue weighted by Crippen LogP contribution is -2.41. The van der Waals surface area contributed by atoms with Gasteiger partial charge < -0.3 is 15.1 Å². The van der Waals surface area contributed by atoms with Crippen molar-refractivity contribution in [3.8, 4) is 0 Å². The Bertz CT molecular complexity index is 1220. The van der Waals surface area contributed by atoms with Gasteiger partial charge >= 0.3 is 5.97 Å². The SMILES string of the molecule is Cc1c(CC(=O)N2CCCC2C(=O)O)c2cc(CO)ccc2n1C(=O)c1ccc(Cl)cc1. The Morgan fingerprint density at radius 2 is 1.84 bits per heavy atom. The summed E-state index contributed by atoms with van der Waals surface area (Å²) in [7, 11) is 0. The van der Waals surface area contributed by atoms with Crippen molar-refractivity contribution >= 4 is 40.3 Å². The van der Waals surface area contributed by atoms with Crippen LogP contribution in [0.4, 0.5) is 0 Å². The molecule has 0 bridgehead atoms. The highest BCUT2D eigenvalue weighted by atomic mass is 35.5. The molecule has 1 atom stereocenters. The molecule has 4 rings (SSSR count). The number of hydrogen-bond acceptors (Lipinski definition) is 4. The molecule has 1 aliphatic rings. The van der Waals surface area contributed by atoms with Gasteiger partial charge in [-0.05, 0) is 67.3 Å². The number of aromatic nitrogens is 1. The summed E-state index contributed by atoms with van der Waals surface area (Å²) < 4.78 is 1.56. The van der Waals surface area contributed by atoms with E-state index in [2.05, 4.69) is 0 Å². The van der Waals surface area contributed by atoms with Gasteiger partial charge in [0, 0.05) is 28.2 Å². The Labute approximate surface area is 189 Å². The van der Waals surface area contributed by atoms with E-state index in [-0.39, 0.29) is 24.8 Å². The molecule has 1 aromatic heterocycles. The van der Waals surface area contributed by atoms with E-state index in [1.165, 1.54) is 4.90 Å². The molecule has 0 radical (unpaired) electrons. The van der Waals surface area contributed by atoms with E-state index < -0.39 is 12.0 Å². The maximum absolute atomic E-state index is 13.3. The van der Waals surface area contributed by atoms with Crippen LogP contribution in [0.3, 0.4) is 0 Å². The first kappa shape index (κ1) is 22.0. The number of halogens is 1. The first-order valence-electron chi connectivity index (χ1n) is 10.4. The van der Waals surface area contributed by atoms with Gasteiger partial charge in [0.1, 0.15) is 6.04 Å². The van der Waals surface area contributed by atoms with Gasteiger partial charge in [0.15, 0.2) is 0 Å². The standard InChI is InChI=1S/C24H23ClN2O5/c1-14-18(12-22(29)26-10-2-3-21(26)24(31)32)19-11-15(13-28)4-9-20(19)27(14)23(30)16-5-7-17(25)8-6-16/h4-9,11,21,28H,2-3,10,12-13H2,1H3,(H,31,32). The molecule has 0 spiro atoms. The second kappa shape index (κ2) is 8.76. The van der Waals surface area contributed by atoms with E-state index in [1.54, 1.807) is 54.0 Å². The first-order valence-corrected chi connectivity index (χ1v) is 10.8. The van der Waals surface area contributed by atoms with E-state index in [1.807, 2.05) is 0 Å². The lowest BCUT2D eigenvalue weighted by molar-refractivity contribution is -0.147. The van der Waals surface area contributed by atoms with Crippen LogP contribution >= 0.6 is 11.6 Å². The van der Waals surface area contributed by atoms with Crippen LogP contribution in [0.25, 0.3) is 10.9 Å². The Balaban J connectivity index is 1.79. The van der Waals surface area contributed by atoms with Gasteiger partial charge in [-0.25, -0.2) is 4.79 Å². The minimum atomic E-state index is -1.00. The molecule has 2 N–H and O–H groups in total. The van der Waals surface area contributed by atoms with Crippen LogP contribution in [0.1, 0.15) is 40.0 Å². The Hall–Kier alpha value is -3.16. The van der Waals surface area contributed by atoms with E-state index in [0.29, 0.717) is 57.7 Å². The van der Waals surface area contributed by atoms with Crippen molar-refractivity contribution in [3.05, 3.63) is 69.9 Å². The molecule has 3 aromatic rings. The molecule has 0 saturated carbocycles. The highest BCUT2D eigenvalue weighted by Crippen LogP contribution is 2.30. The lowest BCUT2D eigenvalue weighted by atomic mass is 10.0. The fraction of sp³-hybridized carbons (Fsp3) is 0.292. The summed E-state index contributed by atoms with van der Waals surface area (Å²) in [5, 5.41) is 20.2. The first-order chi connectivity index (χ1) is 15.3. The summed E-state index contributed by atoms with van der Waals surface area (Å²) in [5.74, 6) is -1.55. The van der Waals surface area contributed by atoms with Gasteiger partial charge in [-0.3, -0.25) is 14.2 Å².